The van der Waals surface area contributed by atoms with E-state index in [1.807, 2.05) is 48.5 Å². The monoisotopic (exact) mass is 410 g/mol. The molecule has 7 heteroatoms. The first-order valence-electron chi connectivity index (χ1n) is 9.94. The summed E-state index contributed by atoms with van der Waals surface area (Å²) in [4.78, 5) is 36.7. The van der Waals surface area contributed by atoms with Crippen LogP contribution < -0.4 is 10.4 Å². The highest BCUT2D eigenvalue weighted by atomic mass is 16.6. The smallest absolute Gasteiger partial charge is 0.427 e. The molecule has 0 atom stereocenters. The molecule has 0 aliphatic carbocycles. The van der Waals surface area contributed by atoms with Crippen molar-refractivity contribution in [1.29, 1.82) is 0 Å². The highest BCUT2D eigenvalue weighted by Crippen LogP contribution is 2.26. The minimum absolute atomic E-state index is 0.110. The van der Waals surface area contributed by atoms with Gasteiger partial charge >= 0.3 is 12.1 Å². The third-order valence-electron chi connectivity index (χ3n) is 4.84. The summed E-state index contributed by atoms with van der Waals surface area (Å²) in [5.74, 6) is -0.566. The summed E-state index contributed by atoms with van der Waals surface area (Å²) in [6.45, 7) is 3.63. The van der Waals surface area contributed by atoms with E-state index in [1.165, 1.54) is 5.01 Å². The van der Waals surface area contributed by atoms with Crippen LogP contribution in [0.4, 0.5) is 10.5 Å². The highest BCUT2D eigenvalue weighted by Gasteiger charge is 2.29. The van der Waals surface area contributed by atoms with Crippen LogP contribution in [0.2, 0.25) is 0 Å². The van der Waals surface area contributed by atoms with Crippen LogP contribution in [0.5, 0.6) is 0 Å². The van der Waals surface area contributed by atoms with Crippen LogP contribution in [0.3, 0.4) is 0 Å². The number of esters is 1. The standard InChI is InChI=1S/C23H26N2O5/c1-23(2,15-14-21(27)29-16-17-8-4-3-5-9-17)30-22(28)24-25-19-11-7-6-10-18(19)12-13-20(25)26/h3-11H,12-16H2,1-2H3,(H,24,28). The molecule has 0 saturated heterocycles. The molecular formula is C23H26N2O5. The SMILES string of the molecule is CC(C)(CCC(=O)OCc1ccccc1)OC(=O)NN1C(=O)CCc2ccccc21. The first-order valence-corrected chi connectivity index (χ1v) is 9.94. The number of amides is 2. The number of fused-ring (bicyclic) bond motifs is 1. The first-order chi connectivity index (χ1) is 14.3. The molecule has 158 valence electrons. The maximum atomic E-state index is 12.4. The molecule has 1 aliphatic rings. The molecule has 0 unspecified atom stereocenters. The minimum Gasteiger partial charge on any atom is -0.461 e. The van der Waals surface area contributed by atoms with Crippen LogP contribution in [0.25, 0.3) is 0 Å². The van der Waals surface area contributed by atoms with Crippen LogP contribution >= 0.6 is 0 Å². The molecule has 1 N–H and O–H groups in total. The van der Waals surface area contributed by atoms with Crippen molar-refractivity contribution in [3.63, 3.8) is 0 Å². The highest BCUT2D eigenvalue weighted by molar-refractivity contribution is 5.98. The van der Waals surface area contributed by atoms with Crippen molar-refractivity contribution in [3.8, 4) is 0 Å². The predicted molar refractivity (Wildman–Crippen MR) is 111 cm³/mol. The fourth-order valence-electron chi connectivity index (χ4n) is 3.18. The number of ether oxygens (including phenoxy) is 2. The molecule has 0 saturated carbocycles. The number of carbonyl (C=O) groups is 3. The van der Waals surface area contributed by atoms with Crippen LogP contribution in [-0.4, -0.2) is 23.6 Å². The molecule has 0 spiro atoms. The summed E-state index contributed by atoms with van der Waals surface area (Å²) in [5.41, 5.74) is 4.15. The number of aryl methyl sites for hydroxylation is 1. The van der Waals surface area contributed by atoms with Gasteiger partial charge < -0.3 is 9.47 Å². The summed E-state index contributed by atoms with van der Waals surface area (Å²) in [6, 6.07) is 16.8. The van der Waals surface area contributed by atoms with Crippen molar-refractivity contribution in [1.82, 2.24) is 5.43 Å². The van der Waals surface area contributed by atoms with E-state index in [2.05, 4.69) is 5.43 Å². The predicted octanol–water partition coefficient (Wildman–Crippen LogP) is 3.91. The quantitative estimate of drug-likeness (QED) is 0.700. The number of para-hydroxylation sites is 1. The molecule has 2 aromatic carbocycles. The zero-order valence-corrected chi connectivity index (χ0v) is 17.2. The van der Waals surface area contributed by atoms with E-state index in [1.54, 1.807) is 19.9 Å². The first kappa shape index (κ1) is 21.4. The Hall–Kier alpha value is -3.35. The fraction of sp³-hybridized carbons (Fsp3) is 0.348. The maximum Gasteiger partial charge on any atom is 0.427 e. The second-order valence-electron chi connectivity index (χ2n) is 7.77. The van der Waals surface area contributed by atoms with E-state index in [4.69, 9.17) is 9.47 Å². The van der Waals surface area contributed by atoms with Gasteiger partial charge in [-0.25, -0.2) is 15.2 Å². The second kappa shape index (κ2) is 9.43. The van der Waals surface area contributed by atoms with E-state index in [0.717, 1.165) is 11.1 Å². The number of nitrogens with zero attached hydrogens (tertiary/aromatic N) is 1. The lowest BCUT2D eigenvalue weighted by atomic mass is 10.0. The number of rotatable bonds is 7. The van der Waals surface area contributed by atoms with Crippen LogP contribution in [0.15, 0.2) is 54.6 Å². The number of carbonyl (C=O) groups excluding carboxylic acids is 3. The van der Waals surface area contributed by atoms with Gasteiger partial charge in [0.15, 0.2) is 0 Å². The van der Waals surface area contributed by atoms with Crippen molar-refractivity contribution in [2.45, 2.75) is 51.7 Å². The van der Waals surface area contributed by atoms with E-state index in [0.29, 0.717) is 24.9 Å². The third-order valence-corrected chi connectivity index (χ3v) is 4.84. The summed E-state index contributed by atoms with van der Waals surface area (Å²) in [5, 5.41) is 1.23. The Kier molecular flexibility index (Phi) is 6.72. The summed E-state index contributed by atoms with van der Waals surface area (Å²) < 4.78 is 10.7. The number of benzene rings is 2. The van der Waals surface area contributed by atoms with Gasteiger partial charge in [0, 0.05) is 12.8 Å². The van der Waals surface area contributed by atoms with Crippen molar-refractivity contribution >= 4 is 23.7 Å². The molecule has 3 rings (SSSR count). The molecule has 2 amide bonds. The maximum absolute atomic E-state index is 12.4. The molecule has 0 aromatic heterocycles. The fourth-order valence-corrected chi connectivity index (χ4v) is 3.18. The summed E-state index contributed by atoms with van der Waals surface area (Å²) >= 11 is 0. The van der Waals surface area contributed by atoms with Gasteiger partial charge in [0.2, 0.25) is 5.91 Å². The lowest BCUT2D eigenvalue weighted by Crippen LogP contribution is -2.50. The number of nitrogens with one attached hydrogen (secondary N) is 1. The van der Waals surface area contributed by atoms with Crippen LogP contribution in [0, 0.1) is 0 Å². The van der Waals surface area contributed by atoms with Gasteiger partial charge in [0.25, 0.3) is 0 Å². The molecule has 0 radical (unpaired) electrons. The Balaban J connectivity index is 1.48. The Bertz CT molecular complexity index is 911. The van der Waals surface area contributed by atoms with E-state index >= 15 is 0 Å². The largest absolute Gasteiger partial charge is 0.461 e. The number of hydrazine groups is 1. The zero-order valence-electron chi connectivity index (χ0n) is 17.2. The van der Waals surface area contributed by atoms with Gasteiger partial charge in [-0.15, -0.1) is 0 Å². The molecule has 7 nitrogen and oxygen atoms in total. The Morgan fingerprint density at radius 1 is 1.03 bits per heavy atom. The Morgan fingerprint density at radius 2 is 1.73 bits per heavy atom. The average molecular weight is 410 g/mol. The van der Waals surface area contributed by atoms with Gasteiger partial charge in [-0.2, -0.15) is 0 Å². The normalized spacial score (nSPS) is 13.4. The summed E-state index contributed by atoms with van der Waals surface area (Å²) in [7, 11) is 0. The number of anilines is 1. The molecule has 1 heterocycles. The topological polar surface area (TPSA) is 84.9 Å². The van der Waals surface area contributed by atoms with Crippen molar-refractivity contribution in [2.75, 3.05) is 5.01 Å². The Labute approximate surface area is 175 Å². The van der Waals surface area contributed by atoms with E-state index < -0.39 is 11.7 Å². The van der Waals surface area contributed by atoms with Crippen molar-refractivity contribution in [2.24, 2.45) is 0 Å². The van der Waals surface area contributed by atoms with Gasteiger partial charge in [0.1, 0.15) is 12.2 Å². The van der Waals surface area contributed by atoms with Crippen LogP contribution in [-0.2, 0) is 32.1 Å². The lowest BCUT2D eigenvalue weighted by Gasteiger charge is -2.31. The van der Waals surface area contributed by atoms with Crippen molar-refractivity contribution in [3.05, 3.63) is 65.7 Å². The molecular weight excluding hydrogens is 384 g/mol. The van der Waals surface area contributed by atoms with Gasteiger partial charge in [0.05, 0.1) is 5.69 Å². The third kappa shape index (κ3) is 5.83. The van der Waals surface area contributed by atoms with E-state index in [9.17, 15) is 14.4 Å². The molecule has 0 fully saturated rings. The molecule has 30 heavy (non-hydrogen) atoms. The molecule has 2 aromatic rings. The minimum atomic E-state index is -0.909. The zero-order chi connectivity index (χ0) is 21.6. The van der Waals surface area contributed by atoms with Crippen LogP contribution in [0.1, 0.15) is 44.2 Å². The summed E-state index contributed by atoms with van der Waals surface area (Å²) in [6.07, 6.45) is 0.604. The Morgan fingerprint density at radius 3 is 2.50 bits per heavy atom. The molecule has 0 bridgehead atoms. The average Bonchev–Trinajstić information content (AvgIpc) is 2.73. The number of hydrogen-bond acceptors (Lipinski definition) is 5. The lowest BCUT2D eigenvalue weighted by molar-refractivity contribution is -0.146. The second-order valence-corrected chi connectivity index (χ2v) is 7.77. The van der Waals surface area contributed by atoms with Gasteiger partial charge in [-0.05, 0) is 43.9 Å². The van der Waals surface area contributed by atoms with Crippen molar-refractivity contribution < 1.29 is 23.9 Å². The number of hydrogen-bond donors (Lipinski definition) is 1. The van der Waals surface area contributed by atoms with Gasteiger partial charge in [-0.1, -0.05) is 48.5 Å². The molecule has 1 aliphatic heterocycles. The van der Waals surface area contributed by atoms with E-state index in [-0.39, 0.29) is 24.9 Å². The van der Waals surface area contributed by atoms with Gasteiger partial charge in [-0.3, -0.25) is 9.59 Å².